The lowest BCUT2D eigenvalue weighted by molar-refractivity contribution is -0.136. The smallest absolute Gasteiger partial charge is 0.244 e. The van der Waals surface area contributed by atoms with E-state index in [0.717, 1.165) is 0 Å². The van der Waals surface area contributed by atoms with Gasteiger partial charge in [0.2, 0.25) is 11.8 Å². The van der Waals surface area contributed by atoms with Crippen LogP contribution in [0.15, 0.2) is 0 Å². The summed E-state index contributed by atoms with van der Waals surface area (Å²) in [5, 5.41) is 11.3. The van der Waals surface area contributed by atoms with Gasteiger partial charge in [-0.1, -0.05) is 6.92 Å². The van der Waals surface area contributed by atoms with E-state index in [-0.39, 0.29) is 11.8 Å². The van der Waals surface area contributed by atoms with E-state index in [2.05, 4.69) is 5.32 Å². The largest absolute Gasteiger partial charge is 0.343 e. The van der Waals surface area contributed by atoms with Crippen LogP contribution in [0.2, 0.25) is 0 Å². The van der Waals surface area contributed by atoms with E-state index in [1.807, 2.05) is 19.9 Å². The number of rotatable bonds is 6. The zero-order valence-electron chi connectivity index (χ0n) is 11.0. The van der Waals surface area contributed by atoms with Crippen molar-refractivity contribution in [2.45, 2.75) is 40.2 Å². The van der Waals surface area contributed by atoms with Gasteiger partial charge < -0.3 is 10.2 Å². The molecule has 96 valence electrons. The fourth-order valence-electron chi connectivity index (χ4n) is 1.52. The Morgan fingerprint density at radius 3 is 2.18 bits per heavy atom. The van der Waals surface area contributed by atoms with Gasteiger partial charge in [0.25, 0.3) is 0 Å². The Bertz CT molecular complexity index is 305. The molecule has 0 aromatic rings. The molecule has 0 aliphatic rings. The standard InChI is InChI=1S/C12H21N3O2/c1-5-10(8-13)11(16)14-9(4)12(17)15(6-2)7-3/h9-10H,5-7H2,1-4H3,(H,14,16). The molecule has 1 N–H and O–H groups in total. The highest BCUT2D eigenvalue weighted by Crippen LogP contribution is 2.02. The molecule has 0 bridgehead atoms. The maximum Gasteiger partial charge on any atom is 0.244 e. The topological polar surface area (TPSA) is 73.2 Å². The number of nitrogens with zero attached hydrogens (tertiary/aromatic N) is 2. The molecule has 0 fully saturated rings. The number of amides is 2. The molecule has 5 heteroatoms. The van der Waals surface area contributed by atoms with Crippen LogP contribution in [0, 0.1) is 17.2 Å². The number of hydrogen-bond donors (Lipinski definition) is 1. The van der Waals surface area contributed by atoms with E-state index in [9.17, 15) is 9.59 Å². The van der Waals surface area contributed by atoms with Gasteiger partial charge in [0.05, 0.1) is 6.07 Å². The first-order valence-electron chi connectivity index (χ1n) is 6.00. The summed E-state index contributed by atoms with van der Waals surface area (Å²) in [7, 11) is 0. The van der Waals surface area contributed by atoms with E-state index in [1.54, 1.807) is 18.7 Å². The Kier molecular flexibility index (Phi) is 6.95. The van der Waals surface area contributed by atoms with Crippen LogP contribution in [-0.4, -0.2) is 35.8 Å². The van der Waals surface area contributed by atoms with Crippen molar-refractivity contribution in [1.29, 1.82) is 5.26 Å². The third kappa shape index (κ3) is 4.43. The Morgan fingerprint density at radius 2 is 1.82 bits per heavy atom. The van der Waals surface area contributed by atoms with E-state index in [0.29, 0.717) is 19.5 Å². The Labute approximate surface area is 103 Å². The summed E-state index contributed by atoms with van der Waals surface area (Å²) in [5.74, 6) is -1.17. The summed E-state index contributed by atoms with van der Waals surface area (Å²) in [6, 6.07) is 1.34. The third-order valence-electron chi connectivity index (χ3n) is 2.68. The van der Waals surface area contributed by atoms with Crippen molar-refractivity contribution in [3.8, 4) is 6.07 Å². The van der Waals surface area contributed by atoms with Crippen LogP contribution in [-0.2, 0) is 9.59 Å². The SMILES string of the molecule is CCC(C#N)C(=O)NC(C)C(=O)N(CC)CC. The second-order valence-electron chi connectivity index (χ2n) is 3.83. The van der Waals surface area contributed by atoms with Gasteiger partial charge in [0.1, 0.15) is 12.0 Å². The van der Waals surface area contributed by atoms with Crippen LogP contribution >= 0.6 is 0 Å². The van der Waals surface area contributed by atoms with E-state index in [1.165, 1.54) is 0 Å². The van der Waals surface area contributed by atoms with Crippen molar-refractivity contribution >= 4 is 11.8 Å². The van der Waals surface area contributed by atoms with Crippen molar-refractivity contribution in [1.82, 2.24) is 10.2 Å². The van der Waals surface area contributed by atoms with Gasteiger partial charge in [0.15, 0.2) is 0 Å². The number of carbonyl (C=O) groups excluding carboxylic acids is 2. The predicted octanol–water partition coefficient (Wildman–Crippen LogP) is 0.909. The van der Waals surface area contributed by atoms with Crippen LogP contribution in [0.25, 0.3) is 0 Å². The zero-order valence-corrected chi connectivity index (χ0v) is 11.0. The molecule has 0 radical (unpaired) electrons. The fourth-order valence-corrected chi connectivity index (χ4v) is 1.52. The van der Waals surface area contributed by atoms with Gasteiger partial charge in [-0.15, -0.1) is 0 Å². The number of hydrogen-bond acceptors (Lipinski definition) is 3. The molecule has 2 atom stereocenters. The number of nitriles is 1. The Morgan fingerprint density at radius 1 is 1.29 bits per heavy atom. The molecule has 5 nitrogen and oxygen atoms in total. The molecule has 0 aromatic heterocycles. The molecule has 17 heavy (non-hydrogen) atoms. The van der Waals surface area contributed by atoms with Gasteiger partial charge in [-0.05, 0) is 27.2 Å². The van der Waals surface area contributed by atoms with Crippen LogP contribution in [0.1, 0.15) is 34.1 Å². The molecule has 0 aliphatic heterocycles. The van der Waals surface area contributed by atoms with Crippen LogP contribution in [0.3, 0.4) is 0 Å². The summed E-state index contributed by atoms with van der Waals surface area (Å²) in [6.07, 6.45) is 0.453. The minimum atomic E-state index is -0.679. The van der Waals surface area contributed by atoms with Gasteiger partial charge in [-0.2, -0.15) is 5.26 Å². The summed E-state index contributed by atoms with van der Waals surface area (Å²) in [5.41, 5.74) is 0. The third-order valence-corrected chi connectivity index (χ3v) is 2.68. The minimum absolute atomic E-state index is 0.115. The average Bonchev–Trinajstić information content (AvgIpc) is 2.31. The minimum Gasteiger partial charge on any atom is -0.343 e. The highest BCUT2D eigenvalue weighted by molar-refractivity contribution is 5.89. The quantitative estimate of drug-likeness (QED) is 0.748. The maximum absolute atomic E-state index is 11.9. The second-order valence-corrected chi connectivity index (χ2v) is 3.83. The van der Waals surface area contributed by atoms with E-state index >= 15 is 0 Å². The molecule has 0 saturated carbocycles. The molecular weight excluding hydrogens is 218 g/mol. The van der Waals surface area contributed by atoms with Crippen LogP contribution in [0.4, 0.5) is 0 Å². The summed E-state index contributed by atoms with van der Waals surface area (Å²) < 4.78 is 0. The molecule has 2 unspecified atom stereocenters. The maximum atomic E-state index is 11.9. The molecule has 2 amide bonds. The van der Waals surface area contributed by atoms with Crippen molar-refractivity contribution in [3.63, 3.8) is 0 Å². The van der Waals surface area contributed by atoms with E-state index < -0.39 is 12.0 Å². The lowest BCUT2D eigenvalue weighted by Crippen LogP contribution is -2.48. The molecule has 0 spiro atoms. The van der Waals surface area contributed by atoms with Crippen molar-refractivity contribution in [3.05, 3.63) is 0 Å². The second kappa shape index (κ2) is 7.66. The summed E-state index contributed by atoms with van der Waals surface area (Å²) in [4.78, 5) is 25.1. The molecule has 0 heterocycles. The zero-order chi connectivity index (χ0) is 13.4. The van der Waals surface area contributed by atoms with Gasteiger partial charge in [-0.25, -0.2) is 0 Å². The first-order valence-corrected chi connectivity index (χ1v) is 6.00. The number of carbonyl (C=O) groups is 2. The Hall–Kier alpha value is -1.57. The van der Waals surface area contributed by atoms with Gasteiger partial charge in [-0.3, -0.25) is 9.59 Å². The molecule has 0 aliphatic carbocycles. The fraction of sp³-hybridized carbons (Fsp3) is 0.750. The van der Waals surface area contributed by atoms with Crippen molar-refractivity contribution < 1.29 is 9.59 Å². The van der Waals surface area contributed by atoms with Crippen molar-refractivity contribution in [2.75, 3.05) is 13.1 Å². The van der Waals surface area contributed by atoms with Gasteiger partial charge >= 0.3 is 0 Å². The summed E-state index contributed by atoms with van der Waals surface area (Å²) in [6.45, 7) is 8.42. The van der Waals surface area contributed by atoms with Crippen LogP contribution < -0.4 is 5.32 Å². The predicted molar refractivity (Wildman–Crippen MR) is 64.9 cm³/mol. The lowest BCUT2D eigenvalue weighted by atomic mass is 10.1. The summed E-state index contributed by atoms with van der Waals surface area (Å²) >= 11 is 0. The van der Waals surface area contributed by atoms with Crippen LogP contribution in [0.5, 0.6) is 0 Å². The normalized spacial score (nSPS) is 13.4. The highest BCUT2D eigenvalue weighted by atomic mass is 16.2. The molecule has 0 saturated heterocycles. The lowest BCUT2D eigenvalue weighted by Gasteiger charge is -2.23. The van der Waals surface area contributed by atoms with Crippen molar-refractivity contribution in [2.24, 2.45) is 5.92 Å². The molecular formula is C12H21N3O2. The first kappa shape index (κ1) is 15.4. The first-order chi connectivity index (χ1) is 8.01. The average molecular weight is 239 g/mol. The van der Waals surface area contributed by atoms with E-state index in [4.69, 9.17) is 5.26 Å². The van der Waals surface area contributed by atoms with Gasteiger partial charge in [0, 0.05) is 13.1 Å². The number of likely N-dealkylation sites (N-methyl/N-ethyl adjacent to an activating group) is 1. The monoisotopic (exact) mass is 239 g/mol. The molecule has 0 rings (SSSR count). The molecule has 0 aromatic carbocycles. The number of nitrogens with one attached hydrogen (secondary N) is 1. The highest BCUT2D eigenvalue weighted by Gasteiger charge is 2.23. The Balaban J connectivity index is 4.44.